The van der Waals surface area contributed by atoms with E-state index in [0.717, 1.165) is 19.7 Å². The maximum Gasteiger partial charge on any atom is 0.0615 e. The molecule has 0 amide bonds. The Morgan fingerprint density at radius 1 is 1.60 bits per heavy atom. The number of nitrogens with zero attached hydrogens (tertiary/aromatic N) is 1. The molecule has 0 bridgehead atoms. The summed E-state index contributed by atoms with van der Waals surface area (Å²) >= 11 is 2.02. The molecule has 1 fully saturated rings. The van der Waals surface area contributed by atoms with Crippen LogP contribution in [0.5, 0.6) is 0 Å². The van der Waals surface area contributed by atoms with Crippen LogP contribution in [0.3, 0.4) is 0 Å². The van der Waals surface area contributed by atoms with Crippen LogP contribution in [-0.4, -0.2) is 54.8 Å². The predicted molar refractivity (Wildman–Crippen MR) is 67.4 cm³/mol. The molecule has 15 heavy (non-hydrogen) atoms. The van der Waals surface area contributed by atoms with Crippen molar-refractivity contribution >= 4 is 11.8 Å². The highest BCUT2D eigenvalue weighted by Gasteiger charge is 2.40. The van der Waals surface area contributed by atoms with Crippen molar-refractivity contribution in [1.29, 1.82) is 0 Å². The van der Waals surface area contributed by atoms with Crippen molar-refractivity contribution < 1.29 is 4.74 Å². The summed E-state index contributed by atoms with van der Waals surface area (Å²) in [6.07, 6.45) is 1.22. The van der Waals surface area contributed by atoms with Crippen LogP contribution in [0.4, 0.5) is 0 Å². The van der Waals surface area contributed by atoms with E-state index < -0.39 is 0 Å². The summed E-state index contributed by atoms with van der Waals surface area (Å²) < 4.78 is 5.25. The van der Waals surface area contributed by atoms with Gasteiger partial charge in [-0.2, -0.15) is 11.8 Å². The van der Waals surface area contributed by atoms with Gasteiger partial charge in [0.1, 0.15) is 0 Å². The minimum absolute atomic E-state index is 0.220. The lowest BCUT2D eigenvalue weighted by Crippen LogP contribution is -2.58. The molecular formula is C11H24N2OS. The van der Waals surface area contributed by atoms with E-state index in [1.165, 1.54) is 17.9 Å². The number of thioether (sulfide) groups is 1. The van der Waals surface area contributed by atoms with E-state index in [1.807, 2.05) is 11.8 Å². The second kappa shape index (κ2) is 6.09. The topological polar surface area (TPSA) is 38.5 Å². The minimum atomic E-state index is 0.220. The molecule has 0 spiro atoms. The van der Waals surface area contributed by atoms with E-state index in [-0.39, 0.29) is 5.54 Å². The molecule has 1 rings (SSSR count). The number of hydrogen-bond acceptors (Lipinski definition) is 4. The summed E-state index contributed by atoms with van der Waals surface area (Å²) in [6, 6.07) is 0.460. The Morgan fingerprint density at radius 3 is 2.73 bits per heavy atom. The number of methoxy groups -OCH3 is 1. The van der Waals surface area contributed by atoms with Crippen molar-refractivity contribution in [1.82, 2.24) is 4.90 Å². The SMILES string of the molecule is CCN(C(C)COC)C1(CN)CCSC1. The smallest absolute Gasteiger partial charge is 0.0615 e. The van der Waals surface area contributed by atoms with Crippen LogP contribution in [0.2, 0.25) is 0 Å². The third kappa shape index (κ3) is 2.87. The monoisotopic (exact) mass is 232 g/mol. The van der Waals surface area contributed by atoms with Crippen molar-refractivity contribution in [2.24, 2.45) is 5.73 Å². The lowest BCUT2D eigenvalue weighted by atomic mass is 9.94. The Kier molecular flexibility index (Phi) is 5.39. The fraction of sp³-hybridized carbons (Fsp3) is 1.00. The lowest BCUT2D eigenvalue weighted by molar-refractivity contribution is 0.0333. The quantitative estimate of drug-likeness (QED) is 0.746. The van der Waals surface area contributed by atoms with Crippen molar-refractivity contribution in [3.63, 3.8) is 0 Å². The summed E-state index contributed by atoms with van der Waals surface area (Å²) in [5, 5.41) is 0. The molecule has 1 aliphatic rings. The Hall–Kier alpha value is 0.230. The lowest BCUT2D eigenvalue weighted by Gasteiger charge is -2.43. The van der Waals surface area contributed by atoms with Gasteiger partial charge in [-0.1, -0.05) is 6.92 Å². The van der Waals surface area contributed by atoms with E-state index in [2.05, 4.69) is 18.7 Å². The summed E-state index contributed by atoms with van der Waals surface area (Å²) in [6.45, 7) is 7.06. The summed E-state index contributed by atoms with van der Waals surface area (Å²) in [5.41, 5.74) is 6.20. The highest BCUT2D eigenvalue weighted by molar-refractivity contribution is 7.99. The van der Waals surface area contributed by atoms with Crippen molar-refractivity contribution in [2.45, 2.75) is 31.8 Å². The van der Waals surface area contributed by atoms with Crippen LogP contribution in [0.25, 0.3) is 0 Å². The fourth-order valence-corrected chi connectivity index (χ4v) is 4.02. The molecule has 0 radical (unpaired) electrons. The fourth-order valence-electron chi connectivity index (χ4n) is 2.55. The van der Waals surface area contributed by atoms with Gasteiger partial charge in [0.25, 0.3) is 0 Å². The normalized spacial score (nSPS) is 28.6. The second-order valence-electron chi connectivity index (χ2n) is 4.32. The predicted octanol–water partition coefficient (Wildman–Crippen LogP) is 1.18. The summed E-state index contributed by atoms with van der Waals surface area (Å²) in [7, 11) is 1.77. The van der Waals surface area contributed by atoms with Gasteiger partial charge in [0.05, 0.1) is 6.61 Å². The minimum Gasteiger partial charge on any atom is -0.383 e. The van der Waals surface area contributed by atoms with Gasteiger partial charge in [-0.3, -0.25) is 4.90 Å². The Labute approximate surface area is 97.7 Å². The van der Waals surface area contributed by atoms with Gasteiger partial charge >= 0.3 is 0 Å². The number of ether oxygens (including phenoxy) is 1. The van der Waals surface area contributed by atoms with E-state index in [9.17, 15) is 0 Å². The van der Waals surface area contributed by atoms with Crippen molar-refractivity contribution in [3.05, 3.63) is 0 Å². The van der Waals surface area contributed by atoms with Crippen LogP contribution in [0, 0.1) is 0 Å². The highest BCUT2D eigenvalue weighted by Crippen LogP contribution is 2.33. The van der Waals surface area contributed by atoms with Crippen LogP contribution in [-0.2, 0) is 4.74 Å². The molecule has 0 aromatic rings. The molecule has 1 saturated heterocycles. The van der Waals surface area contributed by atoms with Gasteiger partial charge < -0.3 is 10.5 Å². The highest BCUT2D eigenvalue weighted by atomic mass is 32.2. The first-order chi connectivity index (χ1) is 7.20. The third-order valence-corrected chi connectivity index (χ3v) is 4.59. The van der Waals surface area contributed by atoms with Gasteiger partial charge in [0.2, 0.25) is 0 Å². The molecule has 2 unspecified atom stereocenters. The number of nitrogens with two attached hydrogens (primary N) is 1. The molecule has 0 saturated carbocycles. The Morgan fingerprint density at radius 2 is 2.33 bits per heavy atom. The molecule has 0 aromatic heterocycles. The molecule has 4 heteroatoms. The first-order valence-corrected chi connectivity index (χ1v) is 6.89. The number of hydrogen-bond donors (Lipinski definition) is 1. The van der Waals surface area contributed by atoms with E-state index in [0.29, 0.717) is 6.04 Å². The summed E-state index contributed by atoms with van der Waals surface area (Å²) in [4.78, 5) is 2.52. The van der Waals surface area contributed by atoms with E-state index >= 15 is 0 Å². The van der Waals surface area contributed by atoms with Gasteiger partial charge in [0, 0.05) is 31.0 Å². The largest absolute Gasteiger partial charge is 0.383 e. The zero-order chi connectivity index (χ0) is 11.3. The Bertz CT molecular complexity index is 183. The summed E-state index contributed by atoms with van der Waals surface area (Å²) in [5.74, 6) is 2.42. The average molecular weight is 232 g/mol. The first-order valence-electron chi connectivity index (χ1n) is 5.73. The Balaban J connectivity index is 2.69. The molecule has 1 heterocycles. The second-order valence-corrected chi connectivity index (χ2v) is 5.43. The zero-order valence-electron chi connectivity index (χ0n) is 10.2. The third-order valence-electron chi connectivity index (χ3n) is 3.35. The average Bonchev–Trinajstić information content (AvgIpc) is 2.69. The maximum absolute atomic E-state index is 5.98. The van der Waals surface area contributed by atoms with Gasteiger partial charge in [-0.15, -0.1) is 0 Å². The molecule has 0 aliphatic carbocycles. The molecule has 1 aliphatic heterocycles. The maximum atomic E-state index is 5.98. The molecule has 90 valence electrons. The standard InChI is InChI=1S/C11H24N2OS/c1-4-13(10(2)7-14-3)11(8-12)5-6-15-9-11/h10H,4-9,12H2,1-3H3. The molecule has 2 atom stereocenters. The van der Waals surface area contributed by atoms with Crippen molar-refractivity contribution in [3.8, 4) is 0 Å². The molecule has 2 N–H and O–H groups in total. The van der Waals surface area contributed by atoms with Crippen LogP contribution in [0.1, 0.15) is 20.3 Å². The van der Waals surface area contributed by atoms with Crippen LogP contribution in [0.15, 0.2) is 0 Å². The molecule has 3 nitrogen and oxygen atoms in total. The number of rotatable bonds is 6. The van der Waals surface area contributed by atoms with Crippen molar-refractivity contribution in [2.75, 3.05) is 38.3 Å². The van der Waals surface area contributed by atoms with Gasteiger partial charge in [-0.05, 0) is 25.6 Å². The van der Waals surface area contributed by atoms with E-state index in [4.69, 9.17) is 10.5 Å². The molecule has 0 aromatic carbocycles. The van der Waals surface area contributed by atoms with Crippen LogP contribution < -0.4 is 5.73 Å². The van der Waals surface area contributed by atoms with E-state index in [1.54, 1.807) is 7.11 Å². The van der Waals surface area contributed by atoms with Crippen LogP contribution >= 0.6 is 11.8 Å². The number of likely N-dealkylation sites (N-methyl/N-ethyl adjacent to an activating group) is 1. The first kappa shape index (κ1) is 13.3. The zero-order valence-corrected chi connectivity index (χ0v) is 11.0. The van der Waals surface area contributed by atoms with Gasteiger partial charge in [-0.25, -0.2) is 0 Å². The molecular weight excluding hydrogens is 208 g/mol. The van der Waals surface area contributed by atoms with Gasteiger partial charge in [0.15, 0.2) is 0 Å².